The maximum absolute atomic E-state index is 4.45. The van der Waals surface area contributed by atoms with Crippen molar-refractivity contribution in [3.63, 3.8) is 0 Å². The molecule has 1 saturated heterocycles. The molecule has 0 bridgehead atoms. The van der Waals surface area contributed by atoms with Crippen molar-refractivity contribution in [1.82, 2.24) is 15.1 Å². The van der Waals surface area contributed by atoms with Gasteiger partial charge in [-0.3, -0.25) is 4.68 Å². The van der Waals surface area contributed by atoms with Crippen LogP contribution in [0.3, 0.4) is 0 Å². The Kier molecular flexibility index (Phi) is 2.36. The van der Waals surface area contributed by atoms with Crippen LogP contribution in [0.5, 0.6) is 0 Å². The lowest BCUT2D eigenvalue weighted by atomic mass is 9.90. The summed E-state index contributed by atoms with van der Waals surface area (Å²) >= 11 is 0. The maximum atomic E-state index is 4.45. The number of hydrogen-bond acceptors (Lipinski definition) is 2. The number of rotatable bonds is 1. The van der Waals surface area contributed by atoms with E-state index < -0.39 is 0 Å². The first kappa shape index (κ1) is 8.75. The minimum Gasteiger partial charge on any atom is -0.316 e. The number of nitrogens with one attached hydrogen (secondary N) is 1. The molecule has 2 atom stereocenters. The summed E-state index contributed by atoms with van der Waals surface area (Å²) < 4.78 is 1.88. The van der Waals surface area contributed by atoms with Gasteiger partial charge in [0.2, 0.25) is 0 Å². The third kappa shape index (κ3) is 1.91. The van der Waals surface area contributed by atoms with Crippen molar-refractivity contribution >= 4 is 0 Å². The molecule has 1 fully saturated rings. The van der Waals surface area contributed by atoms with Crippen molar-refractivity contribution in [3.8, 4) is 0 Å². The van der Waals surface area contributed by atoms with Crippen molar-refractivity contribution in [3.05, 3.63) is 18.0 Å². The summed E-state index contributed by atoms with van der Waals surface area (Å²) in [4.78, 5) is 0. The van der Waals surface area contributed by atoms with E-state index in [0.717, 1.165) is 19.0 Å². The molecule has 0 amide bonds. The van der Waals surface area contributed by atoms with Crippen molar-refractivity contribution in [2.24, 2.45) is 13.0 Å². The Morgan fingerprint density at radius 2 is 2.38 bits per heavy atom. The van der Waals surface area contributed by atoms with E-state index in [-0.39, 0.29) is 0 Å². The quantitative estimate of drug-likeness (QED) is 0.700. The molecule has 13 heavy (non-hydrogen) atoms. The van der Waals surface area contributed by atoms with E-state index >= 15 is 0 Å². The van der Waals surface area contributed by atoms with Crippen LogP contribution >= 0.6 is 0 Å². The second-order valence-electron chi connectivity index (χ2n) is 4.11. The Balaban J connectivity index is 2.08. The summed E-state index contributed by atoms with van der Waals surface area (Å²) in [6.45, 7) is 4.53. The minimum atomic E-state index is 0.616. The molecule has 0 spiro atoms. The SMILES string of the molecule is CC1CNCC(c2ccn(C)n2)C1. The van der Waals surface area contributed by atoms with Gasteiger partial charge in [0.1, 0.15) is 0 Å². The first-order chi connectivity index (χ1) is 6.25. The normalized spacial score (nSPS) is 29.1. The van der Waals surface area contributed by atoms with E-state index in [1.807, 2.05) is 17.9 Å². The van der Waals surface area contributed by atoms with Gasteiger partial charge >= 0.3 is 0 Å². The van der Waals surface area contributed by atoms with Crippen LogP contribution < -0.4 is 5.32 Å². The van der Waals surface area contributed by atoms with Gasteiger partial charge in [0.25, 0.3) is 0 Å². The minimum absolute atomic E-state index is 0.616. The Morgan fingerprint density at radius 3 is 3.00 bits per heavy atom. The van der Waals surface area contributed by atoms with Crippen LogP contribution in [0.2, 0.25) is 0 Å². The van der Waals surface area contributed by atoms with Gasteiger partial charge in [-0.15, -0.1) is 0 Å². The molecule has 0 saturated carbocycles. The van der Waals surface area contributed by atoms with Crippen LogP contribution in [0.25, 0.3) is 0 Å². The van der Waals surface area contributed by atoms with E-state index in [1.165, 1.54) is 12.1 Å². The molecule has 72 valence electrons. The molecule has 1 aliphatic heterocycles. The summed E-state index contributed by atoms with van der Waals surface area (Å²) in [5.74, 6) is 1.39. The van der Waals surface area contributed by atoms with Crippen LogP contribution in [-0.2, 0) is 7.05 Å². The van der Waals surface area contributed by atoms with Gasteiger partial charge in [0, 0.05) is 25.7 Å². The molecule has 1 aromatic rings. The average molecular weight is 179 g/mol. The lowest BCUT2D eigenvalue weighted by molar-refractivity contribution is 0.358. The molecule has 1 aliphatic rings. The molecule has 0 aromatic carbocycles. The Morgan fingerprint density at radius 1 is 1.54 bits per heavy atom. The second kappa shape index (κ2) is 3.50. The summed E-state index contributed by atoms with van der Waals surface area (Å²) in [6.07, 6.45) is 3.29. The van der Waals surface area contributed by atoms with Gasteiger partial charge in [-0.1, -0.05) is 6.92 Å². The van der Waals surface area contributed by atoms with Crippen LogP contribution in [0, 0.1) is 5.92 Å². The molecule has 0 radical (unpaired) electrons. The number of aromatic nitrogens is 2. The third-order valence-electron chi connectivity index (χ3n) is 2.72. The van der Waals surface area contributed by atoms with Gasteiger partial charge in [-0.05, 0) is 24.9 Å². The summed E-state index contributed by atoms with van der Waals surface area (Å²) in [5, 5.41) is 7.89. The van der Waals surface area contributed by atoms with Crippen LogP contribution in [-0.4, -0.2) is 22.9 Å². The van der Waals surface area contributed by atoms with Crippen molar-refractivity contribution in [2.75, 3.05) is 13.1 Å². The highest BCUT2D eigenvalue weighted by Crippen LogP contribution is 2.24. The highest BCUT2D eigenvalue weighted by molar-refractivity contribution is 5.08. The van der Waals surface area contributed by atoms with E-state index in [4.69, 9.17) is 0 Å². The first-order valence-electron chi connectivity index (χ1n) is 4.96. The molecular formula is C10H17N3. The lowest BCUT2D eigenvalue weighted by Crippen LogP contribution is -2.34. The fourth-order valence-corrected chi connectivity index (χ4v) is 2.03. The fraction of sp³-hybridized carbons (Fsp3) is 0.700. The second-order valence-corrected chi connectivity index (χ2v) is 4.11. The molecular weight excluding hydrogens is 162 g/mol. The molecule has 1 aromatic heterocycles. The highest BCUT2D eigenvalue weighted by Gasteiger charge is 2.21. The molecule has 2 heterocycles. The predicted molar refractivity (Wildman–Crippen MR) is 52.6 cm³/mol. The number of nitrogens with zero attached hydrogens (tertiary/aromatic N) is 2. The summed E-state index contributed by atoms with van der Waals surface area (Å²) in [5.41, 5.74) is 1.24. The Hall–Kier alpha value is -0.830. The molecule has 2 rings (SSSR count). The Labute approximate surface area is 79.1 Å². The van der Waals surface area contributed by atoms with Crippen LogP contribution in [0.1, 0.15) is 25.0 Å². The van der Waals surface area contributed by atoms with Crippen molar-refractivity contribution in [2.45, 2.75) is 19.3 Å². The average Bonchev–Trinajstić information content (AvgIpc) is 2.52. The van der Waals surface area contributed by atoms with Crippen LogP contribution in [0.4, 0.5) is 0 Å². The number of aryl methyl sites for hydroxylation is 1. The third-order valence-corrected chi connectivity index (χ3v) is 2.72. The molecule has 3 heteroatoms. The summed E-state index contributed by atoms with van der Waals surface area (Å²) in [6, 6.07) is 2.13. The number of hydrogen-bond donors (Lipinski definition) is 1. The fourth-order valence-electron chi connectivity index (χ4n) is 2.03. The molecule has 0 aliphatic carbocycles. The van der Waals surface area contributed by atoms with Gasteiger partial charge in [0.05, 0.1) is 5.69 Å². The molecule has 1 N–H and O–H groups in total. The van der Waals surface area contributed by atoms with Crippen molar-refractivity contribution in [1.29, 1.82) is 0 Å². The standard InChI is InChI=1S/C10H17N3/c1-8-5-9(7-11-6-8)10-3-4-13(2)12-10/h3-4,8-9,11H,5-7H2,1-2H3. The summed E-state index contributed by atoms with van der Waals surface area (Å²) in [7, 11) is 1.98. The van der Waals surface area contributed by atoms with E-state index in [9.17, 15) is 0 Å². The lowest BCUT2D eigenvalue weighted by Gasteiger charge is -2.26. The zero-order chi connectivity index (χ0) is 9.26. The predicted octanol–water partition coefficient (Wildman–Crippen LogP) is 1.13. The molecule has 3 nitrogen and oxygen atoms in total. The van der Waals surface area contributed by atoms with Crippen LogP contribution in [0.15, 0.2) is 12.3 Å². The van der Waals surface area contributed by atoms with Gasteiger partial charge in [-0.25, -0.2) is 0 Å². The van der Waals surface area contributed by atoms with E-state index in [1.54, 1.807) is 0 Å². The molecule has 2 unspecified atom stereocenters. The van der Waals surface area contributed by atoms with Gasteiger partial charge < -0.3 is 5.32 Å². The highest BCUT2D eigenvalue weighted by atomic mass is 15.2. The van der Waals surface area contributed by atoms with Gasteiger partial charge in [-0.2, -0.15) is 5.10 Å². The van der Waals surface area contributed by atoms with Gasteiger partial charge in [0.15, 0.2) is 0 Å². The smallest absolute Gasteiger partial charge is 0.0668 e. The number of piperidine rings is 1. The van der Waals surface area contributed by atoms with E-state index in [0.29, 0.717) is 5.92 Å². The topological polar surface area (TPSA) is 29.9 Å². The monoisotopic (exact) mass is 179 g/mol. The zero-order valence-corrected chi connectivity index (χ0v) is 8.33. The first-order valence-corrected chi connectivity index (χ1v) is 4.96. The maximum Gasteiger partial charge on any atom is 0.0668 e. The zero-order valence-electron chi connectivity index (χ0n) is 8.33. The largest absolute Gasteiger partial charge is 0.316 e. The van der Waals surface area contributed by atoms with E-state index in [2.05, 4.69) is 23.4 Å². The Bertz CT molecular complexity index is 279. The van der Waals surface area contributed by atoms with Crippen molar-refractivity contribution < 1.29 is 0 Å².